The van der Waals surface area contributed by atoms with E-state index in [1.54, 1.807) is 0 Å². The standard InChI is InChI=1S/C22H31ClN4O2.HI/c1-24-22(25-9-6-16-14-26-21-5-4-17(23)13-20(16)21)27-10-7-18(8-11-27)29-15-19-3-2-12-28-19;/h4-5,13-14,18-19,26H,2-3,6-12,15H2,1H3,(H,24,25);1H. The summed E-state index contributed by atoms with van der Waals surface area (Å²) in [5, 5.41) is 5.48. The number of nitrogens with one attached hydrogen (secondary N) is 2. The Morgan fingerprint density at radius 3 is 2.90 bits per heavy atom. The van der Waals surface area contributed by atoms with Gasteiger partial charge in [0.1, 0.15) is 0 Å². The van der Waals surface area contributed by atoms with E-state index in [2.05, 4.69) is 26.4 Å². The van der Waals surface area contributed by atoms with Gasteiger partial charge in [0.15, 0.2) is 5.96 Å². The first kappa shape index (κ1) is 23.6. The SMILES string of the molecule is CN=C(NCCc1c[nH]c2ccc(Cl)cc12)N1CCC(OCC2CCCO2)CC1.I. The van der Waals surface area contributed by atoms with Gasteiger partial charge < -0.3 is 24.7 Å². The van der Waals surface area contributed by atoms with E-state index < -0.39 is 0 Å². The molecule has 2 aliphatic heterocycles. The van der Waals surface area contributed by atoms with Crippen LogP contribution in [0.3, 0.4) is 0 Å². The molecule has 30 heavy (non-hydrogen) atoms. The highest BCUT2D eigenvalue weighted by Crippen LogP contribution is 2.22. The van der Waals surface area contributed by atoms with Gasteiger partial charge >= 0.3 is 0 Å². The lowest BCUT2D eigenvalue weighted by molar-refractivity contribution is -0.0367. The smallest absolute Gasteiger partial charge is 0.193 e. The Bertz CT molecular complexity index is 830. The molecule has 1 aromatic heterocycles. The van der Waals surface area contributed by atoms with Gasteiger partial charge in [-0.25, -0.2) is 0 Å². The molecule has 1 atom stereocenters. The molecule has 3 heterocycles. The van der Waals surface area contributed by atoms with Gasteiger partial charge in [0.05, 0.1) is 18.8 Å². The molecule has 1 aromatic carbocycles. The number of aliphatic imine (C=N–C) groups is 1. The van der Waals surface area contributed by atoms with Crippen LogP contribution in [0.1, 0.15) is 31.2 Å². The average Bonchev–Trinajstić information content (AvgIpc) is 3.40. The summed E-state index contributed by atoms with van der Waals surface area (Å²) in [6.45, 7) is 4.41. The average molecular weight is 547 g/mol. The van der Waals surface area contributed by atoms with Crippen LogP contribution in [-0.2, 0) is 15.9 Å². The Labute approximate surface area is 200 Å². The Morgan fingerprint density at radius 2 is 2.17 bits per heavy atom. The number of nitrogens with zero attached hydrogens (tertiary/aromatic N) is 2. The number of aromatic amines is 1. The highest BCUT2D eigenvalue weighted by atomic mass is 127. The van der Waals surface area contributed by atoms with Gasteiger partial charge in [-0.2, -0.15) is 0 Å². The lowest BCUT2D eigenvalue weighted by Gasteiger charge is -2.34. The third-order valence-electron chi connectivity index (χ3n) is 5.90. The summed E-state index contributed by atoms with van der Waals surface area (Å²) < 4.78 is 11.7. The third-order valence-corrected chi connectivity index (χ3v) is 6.14. The van der Waals surface area contributed by atoms with E-state index in [1.165, 1.54) is 17.4 Å². The highest BCUT2D eigenvalue weighted by molar-refractivity contribution is 14.0. The molecule has 2 N–H and O–H groups in total. The number of ether oxygens (including phenoxy) is 2. The molecule has 4 rings (SSSR count). The highest BCUT2D eigenvalue weighted by Gasteiger charge is 2.24. The molecule has 2 fully saturated rings. The number of fused-ring (bicyclic) bond motifs is 1. The Kier molecular flexibility index (Phi) is 9.10. The van der Waals surface area contributed by atoms with Gasteiger partial charge in [0.2, 0.25) is 0 Å². The fourth-order valence-electron chi connectivity index (χ4n) is 4.25. The summed E-state index contributed by atoms with van der Waals surface area (Å²) in [6, 6.07) is 5.97. The summed E-state index contributed by atoms with van der Waals surface area (Å²) in [5.74, 6) is 0.973. The molecule has 166 valence electrons. The largest absolute Gasteiger partial charge is 0.376 e. The summed E-state index contributed by atoms with van der Waals surface area (Å²) >= 11 is 6.15. The number of piperidine rings is 1. The number of H-pyrrole nitrogens is 1. The maximum atomic E-state index is 6.15. The van der Waals surface area contributed by atoms with Crippen LogP contribution in [0.5, 0.6) is 0 Å². The molecule has 8 heteroatoms. The van der Waals surface area contributed by atoms with Crippen molar-refractivity contribution in [2.75, 3.05) is 39.9 Å². The van der Waals surface area contributed by atoms with Gasteiger partial charge in [-0.1, -0.05) is 11.6 Å². The van der Waals surface area contributed by atoms with Crippen LogP contribution in [-0.4, -0.2) is 67.9 Å². The predicted molar refractivity (Wildman–Crippen MR) is 133 cm³/mol. The number of aromatic nitrogens is 1. The first-order valence-electron chi connectivity index (χ1n) is 10.7. The van der Waals surface area contributed by atoms with Gasteiger partial charge in [0, 0.05) is 55.4 Å². The summed E-state index contributed by atoms with van der Waals surface area (Å²) in [6.07, 6.45) is 8.01. The van der Waals surface area contributed by atoms with Crippen LogP contribution < -0.4 is 5.32 Å². The molecule has 6 nitrogen and oxygen atoms in total. The van der Waals surface area contributed by atoms with Gasteiger partial charge in [0.25, 0.3) is 0 Å². The molecule has 2 saturated heterocycles. The van der Waals surface area contributed by atoms with Gasteiger partial charge in [-0.15, -0.1) is 24.0 Å². The summed E-state index contributed by atoms with van der Waals surface area (Å²) in [7, 11) is 1.85. The van der Waals surface area contributed by atoms with E-state index >= 15 is 0 Å². The maximum absolute atomic E-state index is 6.15. The van der Waals surface area contributed by atoms with E-state index in [9.17, 15) is 0 Å². The van der Waals surface area contributed by atoms with E-state index in [-0.39, 0.29) is 24.0 Å². The number of hydrogen-bond acceptors (Lipinski definition) is 3. The second kappa shape index (κ2) is 11.5. The van der Waals surface area contributed by atoms with E-state index in [0.29, 0.717) is 12.2 Å². The van der Waals surface area contributed by atoms with Crippen LogP contribution in [0.2, 0.25) is 5.02 Å². The van der Waals surface area contributed by atoms with Crippen LogP contribution in [0.4, 0.5) is 0 Å². The molecule has 0 spiro atoms. The lowest BCUT2D eigenvalue weighted by atomic mass is 10.1. The first-order chi connectivity index (χ1) is 14.2. The van der Waals surface area contributed by atoms with Crippen molar-refractivity contribution in [1.29, 1.82) is 0 Å². The van der Waals surface area contributed by atoms with Crippen molar-refractivity contribution in [3.8, 4) is 0 Å². The van der Waals surface area contributed by atoms with Gasteiger partial charge in [-0.3, -0.25) is 4.99 Å². The van der Waals surface area contributed by atoms with E-state index in [4.69, 9.17) is 21.1 Å². The summed E-state index contributed by atoms with van der Waals surface area (Å²) in [4.78, 5) is 10.1. The topological polar surface area (TPSA) is 61.9 Å². The minimum atomic E-state index is 0. The second-order valence-electron chi connectivity index (χ2n) is 7.88. The minimum absolute atomic E-state index is 0. The number of guanidine groups is 1. The lowest BCUT2D eigenvalue weighted by Crippen LogP contribution is -2.47. The maximum Gasteiger partial charge on any atom is 0.193 e. The second-order valence-corrected chi connectivity index (χ2v) is 8.32. The number of likely N-dealkylation sites (tertiary alicyclic amines) is 1. The zero-order chi connectivity index (χ0) is 20.1. The normalized spacial score (nSPS) is 20.5. The fraction of sp³-hybridized carbons (Fsp3) is 0.591. The Balaban J connectivity index is 0.00000256. The van der Waals surface area contributed by atoms with Gasteiger partial charge in [-0.05, 0) is 55.9 Å². The molecule has 0 saturated carbocycles. The third kappa shape index (κ3) is 6.02. The van der Waals surface area contributed by atoms with Crippen molar-refractivity contribution in [3.63, 3.8) is 0 Å². The Morgan fingerprint density at radius 1 is 1.33 bits per heavy atom. The number of halogens is 2. The van der Waals surface area contributed by atoms with Crippen LogP contribution in [0, 0.1) is 0 Å². The zero-order valence-electron chi connectivity index (χ0n) is 17.5. The summed E-state index contributed by atoms with van der Waals surface area (Å²) in [5.41, 5.74) is 2.39. The molecule has 0 amide bonds. The number of hydrogen-bond donors (Lipinski definition) is 2. The van der Waals surface area contributed by atoms with Crippen molar-refractivity contribution >= 4 is 52.4 Å². The molecular weight excluding hydrogens is 515 g/mol. The Hall–Kier alpha value is -1.03. The zero-order valence-corrected chi connectivity index (χ0v) is 20.6. The van der Waals surface area contributed by atoms with Crippen LogP contribution >= 0.6 is 35.6 Å². The number of rotatable bonds is 6. The van der Waals surface area contributed by atoms with Crippen molar-refractivity contribution in [1.82, 2.24) is 15.2 Å². The first-order valence-corrected chi connectivity index (χ1v) is 11.0. The van der Waals surface area contributed by atoms with Crippen molar-refractivity contribution in [2.24, 2.45) is 4.99 Å². The molecule has 0 radical (unpaired) electrons. The molecule has 2 aromatic rings. The molecule has 1 unspecified atom stereocenters. The predicted octanol–water partition coefficient (Wildman–Crippen LogP) is 4.22. The van der Waals surface area contributed by atoms with Crippen molar-refractivity contribution in [3.05, 3.63) is 35.0 Å². The van der Waals surface area contributed by atoms with E-state index in [1.807, 2.05) is 25.2 Å². The fourth-order valence-corrected chi connectivity index (χ4v) is 4.42. The molecule has 2 aliphatic rings. The molecular formula is C22H32ClIN4O2. The van der Waals surface area contributed by atoms with Crippen LogP contribution in [0.25, 0.3) is 10.9 Å². The number of benzene rings is 1. The quantitative estimate of drug-likeness (QED) is 0.324. The van der Waals surface area contributed by atoms with Crippen molar-refractivity contribution in [2.45, 2.75) is 44.3 Å². The molecule has 0 aliphatic carbocycles. The van der Waals surface area contributed by atoms with E-state index in [0.717, 1.165) is 75.0 Å². The minimum Gasteiger partial charge on any atom is -0.376 e. The van der Waals surface area contributed by atoms with Crippen LogP contribution in [0.15, 0.2) is 29.4 Å². The monoisotopic (exact) mass is 546 g/mol. The van der Waals surface area contributed by atoms with Crippen molar-refractivity contribution < 1.29 is 9.47 Å². The molecule has 0 bridgehead atoms.